The van der Waals surface area contributed by atoms with Crippen LogP contribution in [0.1, 0.15) is 252 Å². The first-order valence-electron chi connectivity index (χ1n) is 25.8. The molecule has 0 amide bonds. The highest BCUT2D eigenvalue weighted by Crippen LogP contribution is 2.14. The maximum Gasteiger partial charge on any atom is 0.306 e. The summed E-state index contributed by atoms with van der Waals surface area (Å²) < 4.78 is 16.8. The number of hydrogen-bond acceptors (Lipinski definition) is 6. The number of hydrogen-bond donors (Lipinski definition) is 0. The summed E-state index contributed by atoms with van der Waals surface area (Å²) in [5, 5.41) is 0. The van der Waals surface area contributed by atoms with E-state index in [0.717, 1.165) is 103 Å². The standard InChI is InChI=1S/C55H96O6/c1-4-7-10-13-16-19-22-25-27-30-33-36-39-42-45-48-54(57)60-51-52(50-59-53(56)47-44-41-38-35-32-29-24-21-18-15-12-9-6-3)61-55(58)49-46-43-40-37-34-31-28-26-23-20-17-14-11-8-5-2/h7,10,16,19-21,23-25,27,52H,4-6,8-9,11-15,17-18,22,26,28-51H2,1-3H3/b10-7+,19-16+,23-20+,24-21+,27-25+/t52-/m1/s1. The molecule has 0 spiro atoms. The SMILES string of the molecule is CC/C=C/C/C=C/C/C=C/CCCCCCCC(=O)OC[C@@H](COC(=O)CCCCCCC/C=C/CCCCCC)OC(=O)CCCCCCCCC/C=C/CCCCCC. The molecule has 1 atom stereocenters. The lowest BCUT2D eigenvalue weighted by molar-refractivity contribution is -0.167. The molecule has 0 aromatic carbocycles. The number of carbonyl (C=O) groups excluding carboxylic acids is 3. The molecule has 0 heterocycles. The van der Waals surface area contributed by atoms with Crippen molar-refractivity contribution in [2.45, 2.75) is 258 Å². The van der Waals surface area contributed by atoms with Gasteiger partial charge in [-0.3, -0.25) is 14.4 Å². The van der Waals surface area contributed by atoms with E-state index in [0.29, 0.717) is 19.3 Å². The minimum Gasteiger partial charge on any atom is -0.462 e. The van der Waals surface area contributed by atoms with Crippen molar-refractivity contribution < 1.29 is 28.6 Å². The number of carbonyl (C=O) groups is 3. The fourth-order valence-corrected chi connectivity index (χ4v) is 7.09. The summed E-state index contributed by atoms with van der Waals surface area (Å²) in [5.74, 6) is -0.912. The van der Waals surface area contributed by atoms with Gasteiger partial charge in [-0.2, -0.15) is 0 Å². The predicted octanol–water partition coefficient (Wildman–Crippen LogP) is 16.9. The van der Waals surface area contributed by atoms with E-state index in [2.05, 4.69) is 81.5 Å². The quantitative estimate of drug-likeness (QED) is 0.0263. The molecule has 6 heteroatoms. The molecule has 0 aliphatic rings. The first-order chi connectivity index (χ1) is 30.0. The minimum atomic E-state index is -0.785. The molecule has 0 N–H and O–H groups in total. The van der Waals surface area contributed by atoms with Gasteiger partial charge in [0, 0.05) is 19.3 Å². The third kappa shape index (κ3) is 48.0. The lowest BCUT2D eigenvalue weighted by atomic mass is 10.1. The van der Waals surface area contributed by atoms with Crippen molar-refractivity contribution in [3.63, 3.8) is 0 Å². The van der Waals surface area contributed by atoms with Crippen molar-refractivity contribution in [2.75, 3.05) is 13.2 Å². The summed E-state index contributed by atoms with van der Waals surface area (Å²) in [7, 11) is 0. The van der Waals surface area contributed by atoms with Crippen LogP contribution in [0.15, 0.2) is 60.8 Å². The van der Waals surface area contributed by atoms with E-state index in [4.69, 9.17) is 14.2 Å². The summed E-state index contributed by atoms with van der Waals surface area (Å²) in [5.41, 5.74) is 0. The largest absolute Gasteiger partial charge is 0.462 e. The van der Waals surface area contributed by atoms with Crippen LogP contribution in [0.3, 0.4) is 0 Å². The van der Waals surface area contributed by atoms with Gasteiger partial charge in [0.2, 0.25) is 0 Å². The van der Waals surface area contributed by atoms with E-state index in [9.17, 15) is 14.4 Å². The van der Waals surface area contributed by atoms with Gasteiger partial charge >= 0.3 is 17.9 Å². The molecule has 0 aromatic rings. The van der Waals surface area contributed by atoms with Crippen LogP contribution >= 0.6 is 0 Å². The molecule has 0 saturated carbocycles. The summed E-state index contributed by atoms with van der Waals surface area (Å²) in [6.07, 6.45) is 60.5. The second kappa shape index (κ2) is 49.8. The maximum atomic E-state index is 12.8. The minimum absolute atomic E-state index is 0.0856. The molecule has 0 aliphatic carbocycles. The highest BCUT2D eigenvalue weighted by Gasteiger charge is 2.19. The fourth-order valence-electron chi connectivity index (χ4n) is 7.09. The van der Waals surface area contributed by atoms with Crippen LogP contribution in [-0.4, -0.2) is 37.2 Å². The number of allylic oxidation sites excluding steroid dienone is 10. The smallest absolute Gasteiger partial charge is 0.306 e. The van der Waals surface area contributed by atoms with Crippen LogP contribution in [0, 0.1) is 0 Å². The lowest BCUT2D eigenvalue weighted by Gasteiger charge is -2.18. The Balaban J connectivity index is 4.42. The summed E-state index contributed by atoms with van der Waals surface area (Å²) in [6.45, 7) is 6.48. The predicted molar refractivity (Wildman–Crippen MR) is 261 cm³/mol. The van der Waals surface area contributed by atoms with Gasteiger partial charge in [0.1, 0.15) is 13.2 Å². The van der Waals surface area contributed by atoms with Crippen molar-refractivity contribution in [2.24, 2.45) is 0 Å². The molecule has 0 radical (unpaired) electrons. The van der Waals surface area contributed by atoms with Gasteiger partial charge in [-0.25, -0.2) is 0 Å². The number of esters is 3. The van der Waals surface area contributed by atoms with Crippen molar-refractivity contribution in [3.8, 4) is 0 Å². The van der Waals surface area contributed by atoms with E-state index < -0.39 is 6.10 Å². The van der Waals surface area contributed by atoms with E-state index >= 15 is 0 Å². The number of unbranched alkanes of at least 4 members (excludes halogenated alkanes) is 25. The van der Waals surface area contributed by atoms with Crippen LogP contribution in [0.25, 0.3) is 0 Å². The molecule has 0 rings (SSSR count). The molecule has 0 aliphatic heterocycles. The fraction of sp³-hybridized carbons (Fsp3) is 0.764. The Morgan fingerprint density at radius 1 is 0.344 bits per heavy atom. The monoisotopic (exact) mass is 853 g/mol. The molecule has 0 bridgehead atoms. The molecular formula is C55H96O6. The van der Waals surface area contributed by atoms with E-state index in [1.807, 2.05) is 0 Å². The van der Waals surface area contributed by atoms with Crippen LogP contribution in [-0.2, 0) is 28.6 Å². The Labute approximate surface area is 377 Å². The average molecular weight is 853 g/mol. The van der Waals surface area contributed by atoms with Gasteiger partial charge in [0.25, 0.3) is 0 Å². The third-order valence-corrected chi connectivity index (χ3v) is 11.0. The van der Waals surface area contributed by atoms with Crippen LogP contribution < -0.4 is 0 Å². The maximum absolute atomic E-state index is 12.8. The van der Waals surface area contributed by atoms with Gasteiger partial charge in [0.05, 0.1) is 0 Å². The summed E-state index contributed by atoms with van der Waals surface area (Å²) in [6, 6.07) is 0. The molecule has 6 nitrogen and oxygen atoms in total. The molecule has 0 unspecified atom stereocenters. The Morgan fingerprint density at radius 2 is 0.639 bits per heavy atom. The van der Waals surface area contributed by atoms with Crippen LogP contribution in [0.4, 0.5) is 0 Å². The first kappa shape index (κ1) is 58.1. The zero-order valence-corrected chi connectivity index (χ0v) is 40.2. The summed E-state index contributed by atoms with van der Waals surface area (Å²) in [4.78, 5) is 38.0. The second-order valence-electron chi connectivity index (χ2n) is 17.0. The van der Waals surface area contributed by atoms with Crippen LogP contribution in [0.5, 0.6) is 0 Å². The van der Waals surface area contributed by atoms with Gasteiger partial charge < -0.3 is 14.2 Å². The van der Waals surface area contributed by atoms with Gasteiger partial charge in [-0.15, -0.1) is 0 Å². The topological polar surface area (TPSA) is 78.9 Å². The highest BCUT2D eigenvalue weighted by atomic mass is 16.6. The molecule has 0 aromatic heterocycles. The zero-order valence-electron chi connectivity index (χ0n) is 40.2. The Bertz CT molecular complexity index is 1120. The van der Waals surface area contributed by atoms with Crippen molar-refractivity contribution in [1.82, 2.24) is 0 Å². The Morgan fingerprint density at radius 3 is 1.02 bits per heavy atom. The number of ether oxygens (including phenoxy) is 3. The van der Waals surface area contributed by atoms with Crippen molar-refractivity contribution in [1.29, 1.82) is 0 Å². The molecule has 61 heavy (non-hydrogen) atoms. The van der Waals surface area contributed by atoms with E-state index in [1.165, 1.54) is 109 Å². The molecular weight excluding hydrogens is 757 g/mol. The molecule has 352 valence electrons. The second-order valence-corrected chi connectivity index (χ2v) is 17.0. The summed E-state index contributed by atoms with van der Waals surface area (Å²) >= 11 is 0. The normalized spacial score (nSPS) is 12.5. The lowest BCUT2D eigenvalue weighted by Crippen LogP contribution is -2.30. The molecule has 0 fully saturated rings. The first-order valence-corrected chi connectivity index (χ1v) is 25.8. The highest BCUT2D eigenvalue weighted by molar-refractivity contribution is 5.71. The Hall–Kier alpha value is -2.89. The van der Waals surface area contributed by atoms with Crippen LogP contribution in [0.2, 0.25) is 0 Å². The zero-order chi connectivity index (χ0) is 44.4. The Kier molecular flexibility index (Phi) is 47.4. The van der Waals surface area contributed by atoms with Gasteiger partial charge in [-0.05, 0) is 103 Å². The van der Waals surface area contributed by atoms with E-state index in [1.54, 1.807) is 0 Å². The van der Waals surface area contributed by atoms with Crippen molar-refractivity contribution in [3.05, 3.63) is 60.8 Å². The van der Waals surface area contributed by atoms with Gasteiger partial charge in [-0.1, -0.05) is 191 Å². The number of rotatable bonds is 46. The third-order valence-electron chi connectivity index (χ3n) is 11.0. The average Bonchev–Trinajstić information content (AvgIpc) is 3.26. The molecule has 0 saturated heterocycles. The van der Waals surface area contributed by atoms with E-state index in [-0.39, 0.29) is 31.1 Å². The van der Waals surface area contributed by atoms with Gasteiger partial charge in [0.15, 0.2) is 6.10 Å². The van der Waals surface area contributed by atoms with Crippen molar-refractivity contribution >= 4 is 17.9 Å².